The van der Waals surface area contributed by atoms with Crippen LogP contribution >= 0.6 is 0 Å². The monoisotopic (exact) mass is 450 g/mol. The third-order valence-electron chi connectivity index (χ3n) is 4.94. The second-order valence-electron chi connectivity index (χ2n) is 7.32. The van der Waals surface area contributed by atoms with E-state index in [1.54, 1.807) is 42.7 Å². The zero-order valence-electron chi connectivity index (χ0n) is 17.6. The number of para-hydroxylation sites is 2. The van der Waals surface area contributed by atoms with Crippen LogP contribution in [0.3, 0.4) is 0 Å². The van der Waals surface area contributed by atoms with Gasteiger partial charge in [-0.1, -0.05) is 30.3 Å². The Balaban J connectivity index is 1.50. The van der Waals surface area contributed by atoms with Gasteiger partial charge in [0.25, 0.3) is 10.0 Å². The fourth-order valence-electron chi connectivity index (χ4n) is 3.38. The van der Waals surface area contributed by atoms with Crippen LogP contribution in [0, 0.1) is 6.92 Å². The molecule has 7 nitrogen and oxygen atoms in total. The van der Waals surface area contributed by atoms with Crippen molar-refractivity contribution in [1.82, 2.24) is 0 Å². The van der Waals surface area contributed by atoms with Gasteiger partial charge in [0.1, 0.15) is 11.3 Å². The lowest BCUT2D eigenvalue weighted by molar-refractivity contribution is -0.115. The molecule has 0 aliphatic heterocycles. The second kappa shape index (κ2) is 8.76. The molecule has 0 unspecified atom stereocenters. The molecule has 0 aliphatic carbocycles. The Morgan fingerprint density at radius 2 is 1.84 bits per heavy atom. The molecule has 1 amide bonds. The minimum Gasteiger partial charge on any atom is -0.495 e. The van der Waals surface area contributed by atoms with Crippen molar-refractivity contribution >= 4 is 38.3 Å². The van der Waals surface area contributed by atoms with Gasteiger partial charge in [0.2, 0.25) is 5.91 Å². The molecule has 8 heteroatoms. The maximum atomic E-state index is 12.8. The Morgan fingerprint density at radius 1 is 1.03 bits per heavy atom. The molecule has 0 fully saturated rings. The van der Waals surface area contributed by atoms with E-state index in [0.29, 0.717) is 17.1 Å². The number of nitrogens with one attached hydrogen (secondary N) is 2. The van der Waals surface area contributed by atoms with Crippen LogP contribution in [0.15, 0.2) is 82.3 Å². The number of carbonyl (C=O) groups excluding carboxylic acids is 1. The molecule has 164 valence electrons. The number of rotatable bonds is 7. The van der Waals surface area contributed by atoms with Gasteiger partial charge in [-0.15, -0.1) is 0 Å². The van der Waals surface area contributed by atoms with Gasteiger partial charge >= 0.3 is 0 Å². The van der Waals surface area contributed by atoms with Gasteiger partial charge in [-0.3, -0.25) is 9.52 Å². The molecular weight excluding hydrogens is 428 g/mol. The van der Waals surface area contributed by atoms with E-state index in [1.807, 2.05) is 25.1 Å². The van der Waals surface area contributed by atoms with Crippen molar-refractivity contribution in [3.05, 3.63) is 84.1 Å². The molecule has 0 aliphatic rings. The van der Waals surface area contributed by atoms with Crippen LogP contribution in [0.2, 0.25) is 0 Å². The van der Waals surface area contributed by atoms with Crippen LogP contribution in [-0.4, -0.2) is 21.4 Å². The Kier molecular flexibility index (Phi) is 5.87. The number of carbonyl (C=O) groups is 1. The van der Waals surface area contributed by atoms with Crippen molar-refractivity contribution < 1.29 is 22.4 Å². The Labute approximate surface area is 186 Å². The normalized spacial score (nSPS) is 11.3. The van der Waals surface area contributed by atoms with Crippen molar-refractivity contribution in [2.75, 3.05) is 17.1 Å². The minimum absolute atomic E-state index is 0.0189. The van der Waals surface area contributed by atoms with Crippen molar-refractivity contribution in [2.24, 2.45) is 0 Å². The summed E-state index contributed by atoms with van der Waals surface area (Å²) in [5, 5.41) is 3.64. The molecule has 1 heterocycles. The zero-order chi connectivity index (χ0) is 22.7. The second-order valence-corrected chi connectivity index (χ2v) is 9.00. The van der Waals surface area contributed by atoms with Crippen LogP contribution in [0.4, 0.5) is 11.4 Å². The molecule has 0 saturated carbocycles. The molecular formula is C24H22N2O5S. The number of fused-ring (bicyclic) bond motifs is 1. The molecule has 0 bridgehead atoms. The fourth-order valence-corrected chi connectivity index (χ4v) is 4.49. The van der Waals surface area contributed by atoms with Crippen molar-refractivity contribution in [1.29, 1.82) is 0 Å². The van der Waals surface area contributed by atoms with E-state index in [2.05, 4.69) is 10.0 Å². The summed E-state index contributed by atoms with van der Waals surface area (Å²) >= 11 is 0. The van der Waals surface area contributed by atoms with Crippen molar-refractivity contribution in [3.63, 3.8) is 0 Å². The summed E-state index contributed by atoms with van der Waals surface area (Å²) in [5.41, 5.74) is 3.26. The minimum atomic E-state index is -3.88. The molecule has 4 aromatic rings. The first-order valence-corrected chi connectivity index (χ1v) is 11.4. The predicted molar refractivity (Wildman–Crippen MR) is 124 cm³/mol. The van der Waals surface area contributed by atoms with E-state index in [4.69, 9.17) is 9.15 Å². The van der Waals surface area contributed by atoms with Crippen LogP contribution in [0.25, 0.3) is 11.0 Å². The molecule has 32 heavy (non-hydrogen) atoms. The van der Waals surface area contributed by atoms with E-state index in [-0.39, 0.29) is 17.2 Å². The Hall–Kier alpha value is -3.78. The highest BCUT2D eigenvalue weighted by atomic mass is 32.2. The first kappa shape index (κ1) is 21.5. The molecule has 3 aromatic carbocycles. The number of sulfonamides is 1. The molecule has 0 radical (unpaired) electrons. The van der Waals surface area contributed by atoms with Crippen molar-refractivity contribution in [2.45, 2.75) is 18.2 Å². The smallest absolute Gasteiger partial charge is 0.262 e. The van der Waals surface area contributed by atoms with E-state index in [0.717, 1.165) is 22.1 Å². The molecule has 0 atom stereocenters. The van der Waals surface area contributed by atoms with Gasteiger partial charge in [-0.05, 0) is 48.9 Å². The number of hydrogen-bond acceptors (Lipinski definition) is 5. The van der Waals surface area contributed by atoms with Gasteiger partial charge in [0, 0.05) is 16.6 Å². The van der Waals surface area contributed by atoms with Gasteiger partial charge < -0.3 is 14.5 Å². The van der Waals surface area contributed by atoms with Gasteiger partial charge in [0.05, 0.1) is 30.4 Å². The lowest BCUT2D eigenvalue weighted by Crippen LogP contribution is -2.16. The molecule has 2 N–H and O–H groups in total. The van der Waals surface area contributed by atoms with Gasteiger partial charge in [-0.2, -0.15) is 0 Å². The standard InChI is InChI=1S/C24H22N2O5S/c1-16-10-11-20-17(15-31-23(20)12-16)13-24(27)25-18-6-5-7-19(14-18)32(28,29)26-21-8-3-4-9-22(21)30-2/h3-12,14-15,26H,13H2,1-2H3,(H,25,27). The van der Waals surface area contributed by atoms with Gasteiger partial charge in [-0.25, -0.2) is 8.42 Å². The maximum absolute atomic E-state index is 12.8. The molecule has 1 aromatic heterocycles. The lowest BCUT2D eigenvalue weighted by Gasteiger charge is -2.12. The Bertz CT molecular complexity index is 1390. The average Bonchev–Trinajstić information content (AvgIpc) is 3.15. The number of furan rings is 1. The molecule has 0 saturated heterocycles. The number of ether oxygens (including phenoxy) is 1. The predicted octanol–water partition coefficient (Wildman–Crippen LogP) is 4.73. The summed E-state index contributed by atoms with van der Waals surface area (Å²) in [7, 11) is -2.42. The summed E-state index contributed by atoms with van der Waals surface area (Å²) in [6, 6.07) is 18.6. The highest BCUT2D eigenvalue weighted by Crippen LogP contribution is 2.27. The quantitative estimate of drug-likeness (QED) is 0.424. The van der Waals surface area contributed by atoms with E-state index < -0.39 is 10.0 Å². The number of hydrogen-bond donors (Lipinski definition) is 2. The summed E-state index contributed by atoms with van der Waals surface area (Å²) in [5.74, 6) is 0.128. The topological polar surface area (TPSA) is 97.6 Å². The van der Waals surface area contributed by atoms with Crippen molar-refractivity contribution in [3.8, 4) is 5.75 Å². The summed E-state index contributed by atoms with van der Waals surface area (Å²) in [4.78, 5) is 12.6. The number of methoxy groups -OCH3 is 1. The third-order valence-corrected chi connectivity index (χ3v) is 6.30. The number of amides is 1. The Morgan fingerprint density at radius 3 is 2.66 bits per heavy atom. The zero-order valence-corrected chi connectivity index (χ0v) is 18.4. The first-order valence-electron chi connectivity index (χ1n) is 9.88. The summed E-state index contributed by atoms with van der Waals surface area (Å²) in [6.45, 7) is 1.97. The summed E-state index contributed by atoms with van der Waals surface area (Å²) in [6.07, 6.45) is 1.67. The van der Waals surface area contributed by atoms with E-state index in [9.17, 15) is 13.2 Å². The highest BCUT2D eigenvalue weighted by Gasteiger charge is 2.18. The number of anilines is 2. The lowest BCUT2D eigenvalue weighted by atomic mass is 10.1. The SMILES string of the molecule is COc1ccccc1NS(=O)(=O)c1cccc(NC(=O)Cc2coc3cc(C)ccc23)c1. The highest BCUT2D eigenvalue weighted by molar-refractivity contribution is 7.92. The molecule has 4 rings (SSSR count). The van der Waals surface area contributed by atoms with Crippen LogP contribution in [0.5, 0.6) is 5.75 Å². The number of benzene rings is 3. The number of aryl methyl sites for hydroxylation is 1. The van der Waals surface area contributed by atoms with Gasteiger partial charge in [0.15, 0.2) is 0 Å². The van der Waals surface area contributed by atoms with E-state index in [1.165, 1.54) is 19.2 Å². The van der Waals surface area contributed by atoms with E-state index >= 15 is 0 Å². The maximum Gasteiger partial charge on any atom is 0.262 e. The summed E-state index contributed by atoms with van der Waals surface area (Å²) < 4.78 is 39.0. The van der Waals surface area contributed by atoms with Crippen LogP contribution in [0.1, 0.15) is 11.1 Å². The largest absolute Gasteiger partial charge is 0.495 e. The fraction of sp³-hybridized carbons (Fsp3) is 0.125. The van der Waals surface area contributed by atoms with Crippen LogP contribution in [-0.2, 0) is 21.2 Å². The third kappa shape index (κ3) is 4.60. The average molecular weight is 451 g/mol. The molecule has 0 spiro atoms. The van der Waals surface area contributed by atoms with Crippen LogP contribution < -0.4 is 14.8 Å². The first-order chi connectivity index (χ1) is 15.4.